The molecule has 0 unspecified atom stereocenters. The van der Waals surface area contributed by atoms with Crippen LogP contribution in [0.4, 0.5) is 0 Å². The first-order chi connectivity index (χ1) is 6.45. The van der Waals surface area contributed by atoms with E-state index in [9.17, 15) is 0 Å². The first-order valence-electron chi connectivity index (χ1n) is 4.53. The molecule has 13 heavy (non-hydrogen) atoms. The number of fused-ring (bicyclic) bond motifs is 2. The molecule has 0 saturated carbocycles. The van der Waals surface area contributed by atoms with Crippen LogP contribution in [0.25, 0.3) is 4.41 Å². The van der Waals surface area contributed by atoms with Crippen molar-refractivity contribution in [1.29, 1.82) is 0 Å². The second-order valence-corrected chi connectivity index (χ2v) is 6.11. The van der Waals surface area contributed by atoms with Crippen LogP contribution >= 0.6 is 0 Å². The van der Waals surface area contributed by atoms with E-state index in [1.54, 1.807) is 4.41 Å². The van der Waals surface area contributed by atoms with Crippen LogP contribution < -0.4 is 0 Å². The molecule has 0 N–H and O–H groups in total. The van der Waals surface area contributed by atoms with Gasteiger partial charge in [0.25, 0.3) is 0 Å². The van der Waals surface area contributed by atoms with Gasteiger partial charge >= 0.3 is 83.8 Å². The van der Waals surface area contributed by atoms with Gasteiger partial charge in [-0.2, -0.15) is 0 Å². The van der Waals surface area contributed by atoms with Crippen LogP contribution in [0.3, 0.4) is 0 Å². The minimum absolute atomic E-state index is 0.287. The number of rotatable bonds is 0. The molecule has 1 aromatic rings. The molecule has 0 spiro atoms. The van der Waals surface area contributed by atoms with Crippen LogP contribution in [0.5, 0.6) is 0 Å². The summed E-state index contributed by atoms with van der Waals surface area (Å²) in [5.74, 6) is 0. The van der Waals surface area contributed by atoms with Crippen molar-refractivity contribution >= 4 is 24.2 Å². The van der Waals surface area contributed by atoms with E-state index in [2.05, 4.69) is 41.3 Å². The third kappa shape index (κ3) is 1.09. The summed E-state index contributed by atoms with van der Waals surface area (Å²) in [6, 6.07) is 8.78. The minimum atomic E-state index is -0.287. The molecule has 0 aromatic heterocycles. The number of hydrogen-bond acceptors (Lipinski definition) is 0. The van der Waals surface area contributed by atoms with Crippen molar-refractivity contribution < 1.29 is 0 Å². The van der Waals surface area contributed by atoms with E-state index in [4.69, 9.17) is 0 Å². The molecule has 1 radical (unpaired) electrons. The first-order valence-corrected chi connectivity index (χ1v) is 7.14. The van der Waals surface area contributed by atoms with Crippen molar-refractivity contribution in [2.45, 2.75) is 6.42 Å². The molecule has 2 aliphatic rings. The van der Waals surface area contributed by atoms with Gasteiger partial charge in [0.1, 0.15) is 0 Å². The predicted molar refractivity (Wildman–Crippen MR) is 58.1 cm³/mol. The zero-order chi connectivity index (χ0) is 8.67. The van der Waals surface area contributed by atoms with Gasteiger partial charge in [0, 0.05) is 0 Å². The molecule has 1 heteroatoms. The number of allylic oxidation sites excluding steroid dienone is 3. The summed E-state index contributed by atoms with van der Waals surface area (Å²) in [7, 11) is 0. The second kappa shape index (κ2) is 2.81. The predicted octanol–water partition coefficient (Wildman–Crippen LogP) is 1.57. The molecular weight excluding hydrogens is 217 g/mol. The van der Waals surface area contributed by atoms with Gasteiger partial charge in [0.2, 0.25) is 0 Å². The topological polar surface area (TPSA) is 0 Å². The third-order valence-corrected chi connectivity index (χ3v) is 5.51. The molecule has 3 rings (SSSR count). The average molecular weight is 226 g/mol. The van der Waals surface area contributed by atoms with Crippen LogP contribution in [0, 0.1) is 6.08 Å². The summed E-state index contributed by atoms with van der Waals surface area (Å²) < 4.78 is 1.64. The molecule has 0 amide bonds. The zero-order valence-corrected chi connectivity index (χ0v) is 9.67. The van der Waals surface area contributed by atoms with Gasteiger partial charge in [-0.3, -0.25) is 0 Å². The molecule has 1 heterocycles. The summed E-state index contributed by atoms with van der Waals surface area (Å²) in [6.07, 6.45) is 6.60. The third-order valence-electron chi connectivity index (χ3n) is 2.62. The van der Waals surface area contributed by atoms with Gasteiger partial charge in [-0.25, -0.2) is 0 Å². The summed E-state index contributed by atoms with van der Waals surface area (Å²) in [5.41, 5.74) is 4.47. The van der Waals surface area contributed by atoms with Crippen LogP contribution in [0.2, 0.25) is 0 Å². The Morgan fingerprint density at radius 1 is 1.23 bits per heavy atom. The van der Waals surface area contributed by atoms with E-state index in [-0.39, 0.29) is 15.0 Å². The summed E-state index contributed by atoms with van der Waals surface area (Å²) in [5, 5.41) is 0. The quantitative estimate of drug-likeness (QED) is 0.588. The molecule has 0 fully saturated rings. The fourth-order valence-corrected chi connectivity index (χ4v) is 4.58. The van der Waals surface area contributed by atoms with Crippen LogP contribution in [-0.2, 0) is 6.42 Å². The fourth-order valence-electron chi connectivity index (χ4n) is 2.00. The van der Waals surface area contributed by atoms with E-state index in [1.807, 2.05) is 0 Å². The van der Waals surface area contributed by atoms with E-state index in [0.29, 0.717) is 0 Å². The van der Waals surface area contributed by atoms with E-state index in [0.717, 1.165) is 6.42 Å². The fraction of sp³-hybridized carbons (Fsp3) is 0.0833. The van der Waals surface area contributed by atoms with Gasteiger partial charge in [0.05, 0.1) is 0 Å². The van der Waals surface area contributed by atoms with Gasteiger partial charge < -0.3 is 0 Å². The first kappa shape index (κ1) is 7.51. The average Bonchev–Trinajstić information content (AvgIpc) is 2.56. The van der Waals surface area contributed by atoms with Crippen molar-refractivity contribution in [2.75, 3.05) is 0 Å². The van der Waals surface area contributed by atoms with E-state index in [1.165, 1.54) is 16.7 Å². The summed E-state index contributed by atoms with van der Waals surface area (Å²) >= 11 is -0.287. The van der Waals surface area contributed by atoms with Gasteiger partial charge in [0.15, 0.2) is 0 Å². The molecule has 61 valence electrons. The molecule has 0 atom stereocenters. The monoisotopic (exact) mass is 227 g/mol. The normalized spacial score (nSPS) is 17.5. The number of benzene rings is 1. The zero-order valence-electron chi connectivity index (χ0n) is 7.25. The van der Waals surface area contributed by atoms with E-state index < -0.39 is 0 Å². The standard InChI is InChI=1S/C12H9Ge/c1-2-6-11-9(4-1)8-10-5-3-7-13-12(10)11/h1-4,6-7,13H,8H2. The Bertz CT molecular complexity index is 450. The number of hydrogen-bond donors (Lipinski definition) is 0. The Hall–Kier alpha value is -0.887. The van der Waals surface area contributed by atoms with Crippen molar-refractivity contribution in [2.24, 2.45) is 0 Å². The Kier molecular flexibility index (Phi) is 1.62. The Balaban J connectivity index is 2.24. The molecule has 1 aliphatic carbocycles. The molecule has 0 bridgehead atoms. The van der Waals surface area contributed by atoms with Crippen molar-refractivity contribution in [3.63, 3.8) is 0 Å². The van der Waals surface area contributed by atoms with Gasteiger partial charge in [-0.05, 0) is 0 Å². The molecule has 1 aromatic carbocycles. The van der Waals surface area contributed by atoms with Crippen molar-refractivity contribution in [1.82, 2.24) is 0 Å². The summed E-state index contributed by atoms with van der Waals surface area (Å²) in [6.45, 7) is 0. The molecular formula is C12H9Ge. The van der Waals surface area contributed by atoms with E-state index >= 15 is 0 Å². The molecule has 0 nitrogen and oxygen atoms in total. The Morgan fingerprint density at radius 3 is 3.15 bits per heavy atom. The maximum atomic E-state index is 3.37. The summed E-state index contributed by atoms with van der Waals surface area (Å²) in [4.78, 5) is 2.34. The van der Waals surface area contributed by atoms with Crippen molar-refractivity contribution in [3.8, 4) is 0 Å². The maximum absolute atomic E-state index is 3.37. The molecule has 1 aliphatic heterocycles. The van der Waals surface area contributed by atoms with Crippen molar-refractivity contribution in [3.05, 3.63) is 53.1 Å². The van der Waals surface area contributed by atoms with Crippen LogP contribution in [0.1, 0.15) is 11.1 Å². The Labute approximate surface area is 84.0 Å². The van der Waals surface area contributed by atoms with Gasteiger partial charge in [-0.15, -0.1) is 0 Å². The van der Waals surface area contributed by atoms with Crippen LogP contribution in [-0.4, -0.2) is 19.8 Å². The van der Waals surface area contributed by atoms with Gasteiger partial charge in [-0.1, -0.05) is 0 Å². The molecule has 0 saturated heterocycles. The van der Waals surface area contributed by atoms with Crippen LogP contribution in [0.15, 0.2) is 35.9 Å². The SMILES string of the molecule is [C]1=C[CH]=[GeH][C]2=C1Cc1ccccc12. The second-order valence-electron chi connectivity index (χ2n) is 3.40. The Morgan fingerprint density at radius 2 is 2.15 bits per heavy atom.